The molecular weight excluding hydrogens is 268 g/mol. The van der Waals surface area contributed by atoms with Gasteiger partial charge in [-0.15, -0.1) is 24.0 Å². The summed E-state index contributed by atoms with van der Waals surface area (Å²) >= 11 is 9.29. The molecule has 0 bridgehead atoms. The quantitative estimate of drug-likeness (QED) is 0.599. The van der Waals surface area contributed by atoms with Crippen LogP contribution in [0.2, 0.25) is 0 Å². The van der Waals surface area contributed by atoms with Crippen molar-refractivity contribution in [3.05, 3.63) is 23.1 Å². The highest BCUT2D eigenvalue weighted by Crippen LogP contribution is 2.37. The van der Waals surface area contributed by atoms with E-state index in [-0.39, 0.29) is 0 Å². The van der Waals surface area contributed by atoms with E-state index in [1.165, 1.54) is 0 Å². The summed E-state index contributed by atoms with van der Waals surface area (Å²) in [5.41, 5.74) is 0.885. The van der Waals surface area contributed by atoms with Crippen LogP contribution in [0.1, 0.15) is 5.56 Å². The minimum Gasteiger partial charge on any atom is -0.507 e. The summed E-state index contributed by atoms with van der Waals surface area (Å²) in [4.78, 5) is 0.928. The number of alkyl halides is 1. The number of phenols is 1. The van der Waals surface area contributed by atoms with Gasteiger partial charge in [0.25, 0.3) is 0 Å². The zero-order chi connectivity index (χ0) is 9.42. The van der Waals surface area contributed by atoms with Gasteiger partial charge in [-0.3, -0.25) is 0 Å². The van der Waals surface area contributed by atoms with Gasteiger partial charge >= 0.3 is 0 Å². The van der Waals surface area contributed by atoms with Crippen molar-refractivity contribution in [3.8, 4) is 5.75 Å². The van der Waals surface area contributed by atoms with Crippen molar-refractivity contribution in [1.82, 2.24) is 0 Å². The van der Waals surface area contributed by atoms with Crippen LogP contribution in [0.15, 0.2) is 22.4 Å². The van der Waals surface area contributed by atoms with Crippen LogP contribution in [-0.4, -0.2) is 5.11 Å². The fourth-order valence-electron chi connectivity index (χ4n) is 1.27. The third kappa shape index (κ3) is 1.47. The Labute approximate surface area is 93.9 Å². The van der Waals surface area contributed by atoms with Crippen molar-refractivity contribution >= 4 is 50.0 Å². The number of hydrogen-bond donors (Lipinski definition) is 2. The Kier molecular flexibility index (Phi) is 2.53. The van der Waals surface area contributed by atoms with Crippen LogP contribution in [0.4, 0.5) is 0 Å². The molecule has 2 rings (SSSR count). The van der Waals surface area contributed by atoms with Gasteiger partial charge in [-0.05, 0) is 17.5 Å². The Morgan fingerprint density at radius 2 is 2.31 bits per heavy atom. The molecule has 1 aromatic carbocycles. The minimum absolute atomic E-state index is 0.367. The van der Waals surface area contributed by atoms with Crippen molar-refractivity contribution in [2.45, 2.75) is 10.2 Å². The summed E-state index contributed by atoms with van der Waals surface area (Å²) in [6, 6.07) is 3.81. The number of halogens is 1. The molecule has 0 unspecified atom stereocenters. The van der Waals surface area contributed by atoms with Crippen LogP contribution in [0.3, 0.4) is 0 Å². The van der Waals surface area contributed by atoms with Gasteiger partial charge < -0.3 is 5.11 Å². The summed E-state index contributed by atoms with van der Waals surface area (Å²) in [6.45, 7) is 0. The van der Waals surface area contributed by atoms with Crippen LogP contribution in [0.5, 0.6) is 5.75 Å². The van der Waals surface area contributed by atoms with E-state index in [0.29, 0.717) is 11.1 Å². The van der Waals surface area contributed by atoms with Gasteiger partial charge in [-0.25, -0.2) is 0 Å². The first-order chi connectivity index (χ1) is 6.24. The lowest BCUT2D eigenvalue weighted by atomic mass is 10.1. The molecule has 0 amide bonds. The first kappa shape index (κ1) is 9.37. The molecule has 1 aromatic heterocycles. The van der Waals surface area contributed by atoms with E-state index >= 15 is 0 Å². The van der Waals surface area contributed by atoms with Crippen LogP contribution in [0.25, 0.3) is 10.1 Å². The van der Waals surface area contributed by atoms with Crippen molar-refractivity contribution < 1.29 is 5.11 Å². The Hall–Kier alpha value is -0.190. The van der Waals surface area contributed by atoms with Crippen molar-refractivity contribution in [2.24, 2.45) is 0 Å². The molecule has 13 heavy (non-hydrogen) atoms. The lowest BCUT2D eigenvalue weighted by molar-refractivity contribution is 0.477. The van der Waals surface area contributed by atoms with Gasteiger partial charge in [0.15, 0.2) is 0 Å². The van der Waals surface area contributed by atoms with E-state index in [9.17, 15) is 5.11 Å². The van der Waals surface area contributed by atoms with Crippen LogP contribution >= 0.6 is 39.9 Å². The van der Waals surface area contributed by atoms with Gasteiger partial charge in [-0.2, -0.15) is 0 Å². The summed E-state index contributed by atoms with van der Waals surface area (Å²) in [7, 11) is 0. The molecule has 1 N–H and O–H groups in total. The average molecular weight is 275 g/mol. The zero-order valence-electron chi connectivity index (χ0n) is 6.62. The molecule has 0 saturated carbocycles. The highest BCUT2D eigenvalue weighted by molar-refractivity contribution is 9.08. The van der Waals surface area contributed by atoms with Crippen LogP contribution < -0.4 is 0 Å². The smallest absolute Gasteiger partial charge is 0.128 e. The molecule has 1 nitrogen and oxygen atoms in total. The number of thiophene rings is 1. The Balaban J connectivity index is 2.85. The number of benzene rings is 1. The summed E-state index contributed by atoms with van der Waals surface area (Å²) in [5.74, 6) is 0.367. The molecule has 0 saturated heterocycles. The fraction of sp³-hybridized carbons (Fsp3) is 0.111. The predicted molar refractivity (Wildman–Crippen MR) is 63.4 cm³/mol. The number of hydrogen-bond acceptors (Lipinski definition) is 3. The van der Waals surface area contributed by atoms with Crippen LogP contribution in [-0.2, 0) is 5.33 Å². The molecular formula is C9H7BrOS2. The second-order valence-electron chi connectivity index (χ2n) is 2.70. The van der Waals surface area contributed by atoms with Gasteiger partial charge in [-0.1, -0.05) is 15.9 Å². The molecule has 68 valence electrons. The highest BCUT2D eigenvalue weighted by Gasteiger charge is 2.09. The van der Waals surface area contributed by atoms with E-state index in [4.69, 9.17) is 0 Å². The first-order valence-corrected chi connectivity index (χ1v) is 6.16. The third-order valence-electron chi connectivity index (χ3n) is 1.91. The average Bonchev–Trinajstić information content (AvgIpc) is 2.60. The second-order valence-corrected chi connectivity index (χ2v) is 4.66. The Bertz CT molecular complexity index is 450. The molecule has 4 heteroatoms. The largest absolute Gasteiger partial charge is 0.507 e. The predicted octanol–water partition coefficient (Wildman–Crippen LogP) is 3.79. The summed E-state index contributed by atoms with van der Waals surface area (Å²) in [5, 5.41) is 13.3. The number of thiol groups is 1. The van der Waals surface area contributed by atoms with Gasteiger partial charge in [0.1, 0.15) is 5.75 Å². The van der Waals surface area contributed by atoms with Gasteiger partial charge in [0.2, 0.25) is 0 Å². The number of fused-ring (bicyclic) bond motifs is 1. The minimum atomic E-state index is 0.367. The Morgan fingerprint density at radius 1 is 1.54 bits per heavy atom. The number of phenolic OH excluding ortho intramolecular Hbond substituents is 1. The maximum Gasteiger partial charge on any atom is 0.128 e. The van der Waals surface area contributed by atoms with E-state index in [1.807, 2.05) is 17.5 Å². The van der Waals surface area contributed by atoms with Crippen molar-refractivity contribution in [1.29, 1.82) is 0 Å². The summed E-state index contributed by atoms with van der Waals surface area (Å²) in [6.07, 6.45) is 0. The third-order valence-corrected chi connectivity index (χ3v) is 3.97. The van der Waals surface area contributed by atoms with Gasteiger partial charge in [0, 0.05) is 21.2 Å². The maximum atomic E-state index is 9.81. The van der Waals surface area contributed by atoms with E-state index in [1.54, 1.807) is 11.3 Å². The normalized spacial score (nSPS) is 10.9. The molecule has 0 radical (unpaired) electrons. The molecule has 2 aromatic rings. The van der Waals surface area contributed by atoms with Crippen LogP contribution in [0, 0.1) is 0 Å². The lowest BCUT2D eigenvalue weighted by Gasteiger charge is -2.04. The molecule has 0 atom stereocenters. The number of aromatic hydroxyl groups is 1. The van der Waals surface area contributed by atoms with E-state index in [2.05, 4.69) is 28.6 Å². The van der Waals surface area contributed by atoms with Gasteiger partial charge in [0.05, 0.1) is 4.70 Å². The lowest BCUT2D eigenvalue weighted by Crippen LogP contribution is -1.80. The van der Waals surface area contributed by atoms with Crippen molar-refractivity contribution in [3.63, 3.8) is 0 Å². The topological polar surface area (TPSA) is 20.2 Å². The highest BCUT2D eigenvalue weighted by atomic mass is 79.9. The first-order valence-electron chi connectivity index (χ1n) is 3.71. The molecule has 0 spiro atoms. The second kappa shape index (κ2) is 3.52. The SMILES string of the molecule is Oc1c(CBr)cc(S)c2sccc12. The number of rotatable bonds is 1. The standard InChI is InChI=1S/C9H7BrOS2/c10-4-5-3-7(12)9-6(8(5)11)1-2-13-9/h1-3,11-12H,4H2. The monoisotopic (exact) mass is 274 g/mol. The Morgan fingerprint density at radius 3 is 3.00 bits per heavy atom. The fourth-order valence-corrected chi connectivity index (χ4v) is 2.94. The maximum absolute atomic E-state index is 9.81. The molecule has 0 aliphatic heterocycles. The molecule has 0 fully saturated rings. The van der Waals surface area contributed by atoms with Crippen molar-refractivity contribution in [2.75, 3.05) is 0 Å². The molecule has 0 aliphatic carbocycles. The van der Waals surface area contributed by atoms with E-state index in [0.717, 1.165) is 20.5 Å². The molecule has 1 heterocycles. The summed E-state index contributed by atoms with van der Waals surface area (Å²) < 4.78 is 1.05. The van der Waals surface area contributed by atoms with E-state index < -0.39 is 0 Å². The molecule has 0 aliphatic rings. The zero-order valence-corrected chi connectivity index (χ0v) is 9.92.